The van der Waals surface area contributed by atoms with E-state index in [0.717, 1.165) is 12.5 Å². The molecule has 1 unspecified atom stereocenters. The van der Waals surface area contributed by atoms with Crippen LogP contribution >= 0.6 is 0 Å². The molecule has 0 aliphatic rings. The summed E-state index contributed by atoms with van der Waals surface area (Å²) in [5.41, 5.74) is -0.347. The predicted molar refractivity (Wildman–Crippen MR) is 84.0 cm³/mol. The molecule has 0 heterocycles. The number of carboxylic acids is 1. The van der Waals surface area contributed by atoms with Crippen molar-refractivity contribution in [1.29, 1.82) is 0 Å². The summed E-state index contributed by atoms with van der Waals surface area (Å²) >= 11 is 0. The highest BCUT2D eigenvalue weighted by Crippen LogP contribution is 2.16. The molecule has 0 fully saturated rings. The Kier molecular flexibility index (Phi) is 9.48. The first-order valence-electron chi connectivity index (χ1n) is 7.29. The van der Waals surface area contributed by atoms with Gasteiger partial charge in [-0.15, -0.1) is 0 Å². The van der Waals surface area contributed by atoms with Crippen LogP contribution in [-0.4, -0.2) is 52.2 Å². The number of amides is 1. The molecule has 0 rings (SSSR count). The van der Waals surface area contributed by atoms with Gasteiger partial charge in [-0.05, 0) is 27.2 Å². The maximum absolute atomic E-state index is 12.1. The van der Waals surface area contributed by atoms with Crippen LogP contribution in [0.15, 0.2) is 0 Å². The lowest BCUT2D eigenvalue weighted by Crippen LogP contribution is -2.44. The highest BCUT2D eigenvalue weighted by atomic mass is 28.2. The average Bonchev–Trinajstić information content (AvgIpc) is 2.35. The molecule has 0 aromatic rings. The van der Waals surface area contributed by atoms with Crippen molar-refractivity contribution < 1.29 is 24.2 Å². The second-order valence-corrected chi connectivity index (χ2v) is 8.17. The van der Waals surface area contributed by atoms with Crippen LogP contribution < -0.4 is 5.32 Å². The lowest BCUT2D eigenvalue weighted by molar-refractivity contribution is -0.141. The Morgan fingerprint density at radius 1 is 1.24 bits per heavy atom. The highest BCUT2D eigenvalue weighted by Gasteiger charge is 2.24. The standard InChI is InChI=1S/C14H29NO5Si/c1-14(2,3)15-12(18)10(9-11(16)17)7-6-8-21-13(19-4)20-5/h10,13H,6-9,21H2,1-5H3,(H,15,18)(H,16,17). The zero-order valence-electron chi connectivity index (χ0n) is 13.8. The van der Waals surface area contributed by atoms with Crippen LogP contribution in [0.25, 0.3) is 0 Å². The number of hydrogen-bond acceptors (Lipinski definition) is 4. The largest absolute Gasteiger partial charge is 0.481 e. The number of nitrogens with one attached hydrogen (secondary N) is 1. The molecule has 0 aliphatic heterocycles. The minimum Gasteiger partial charge on any atom is -0.481 e. The van der Waals surface area contributed by atoms with Gasteiger partial charge in [0.25, 0.3) is 0 Å². The van der Waals surface area contributed by atoms with Gasteiger partial charge in [0.1, 0.15) is 5.91 Å². The molecule has 0 saturated carbocycles. The number of rotatable bonds is 10. The predicted octanol–water partition coefficient (Wildman–Crippen LogP) is 0.936. The molecule has 0 radical (unpaired) electrons. The molecule has 6 nitrogen and oxygen atoms in total. The Hall–Kier alpha value is -0.923. The number of carbonyl (C=O) groups excluding carboxylic acids is 1. The van der Waals surface area contributed by atoms with Gasteiger partial charge in [-0.2, -0.15) is 0 Å². The summed E-state index contributed by atoms with van der Waals surface area (Å²) in [5, 5.41) is 11.8. The molecule has 2 N–H and O–H groups in total. The third kappa shape index (κ3) is 10.4. The molecule has 0 aliphatic carbocycles. The Morgan fingerprint density at radius 2 is 1.81 bits per heavy atom. The molecular formula is C14H29NO5Si. The van der Waals surface area contributed by atoms with Gasteiger partial charge in [0.2, 0.25) is 5.91 Å². The first-order chi connectivity index (χ1) is 9.69. The zero-order valence-corrected chi connectivity index (χ0v) is 15.2. The zero-order chi connectivity index (χ0) is 16.5. The van der Waals surface area contributed by atoms with Crippen LogP contribution in [-0.2, 0) is 19.1 Å². The molecule has 0 aromatic carbocycles. The average molecular weight is 319 g/mol. The Morgan fingerprint density at radius 3 is 2.24 bits per heavy atom. The normalized spacial score (nSPS) is 13.8. The summed E-state index contributed by atoms with van der Waals surface area (Å²) in [5.74, 6) is -1.69. The number of ether oxygens (including phenoxy) is 2. The van der Waals surface area contributed by atoms with E-state index in [1.165, 1.54) is 0 Å². The second-order valence-electron chi connectivity index (χ2n) is 6.22. The third-order valence-corrected chi connectivity index (χ3v) is 5.10. The molecular weight excluding hydrogens is 290 g/mol. The van der Waals surface area contributed by atoms with E-state index in [4.69, 9.17) is 14.6 Å². The van der Waals surface area contributed by atoms with Gasteiger partial charge in [-0.3, -0.25) is 9.59 Å². The van der Waals surface area contributed by atoms with Crippen LogP contribution in [0, 0.1) is 5.92 Å². The van der Waals surface area contributed by atoms with Crippen molar-refractivity contribution in [1.82, 2.24) is 5.32 Å². The van der Waals surface area contributed by atoms with Crippen LogP contribution in [0.4, 0.5) is 0 Å². The van der Waals surface area contributed by atoms with Crippen LogP contribution in [0.5, 0.6) is 0 Å². The minimum absolute atomic E-state index is 0.105. The van der Waals surface area contributed by atoms with Crippen molar-refractivity contribution >= 4 is 21.4 Å². The number of hydrogen-bond donors (Lipinski definition) is 2. The molecule has 124 valence electrons. The van der Waals surface area contributed by atoms with E-state index in [2.05, 4.69) is 5.32 Å². The maximum atomic E-state index is 12.1. The van der Waals surface area contributed by atoms with Crippen molar-refractivity contribution in [2.75, 3.05) is 14.2 Å². The van der Waals surface area contributed by atoms with Crippen molar-refractivity contribution in [3.63, 3.8) is 0 Å². The maximum Gasteiger partial charge on any atom is 0.304 e. The number of carbonyl (C=O) groups is 2. The molecule has 21 heavy (non-hydrogen) atoms. The monoisotopic (exact) mass is 319 g/mol. The van der Waals surface area contributed by atoms with E-state index >= 15 is 0 Å². The number of carboxylic acid groups (broad SMARTS) is 1. The Balaban J connectivity index is 4.30. The lowest BCUT2D eigenvalue weighted by atomic mass is 9.97. The summed E-state index contributed by atoms with van der Waals surface area (Å²) < 4.78 is 10.3. The first kappa shape index (κ1) is 20.1. The second kappa shape index (κ2) is 9.91. The van der Waals surface area contributed by atoms with Gasteiger partial charge in [-0.25, -0.2) is 0 Å². The summed E-state index contributed by atoms with van der Waals surface area (Å²) in [6.07, 6.45) is 1.29. The van der Waals surface area contributed by atoms with E-state index in [1.807, 2.05) is 20.8 Å². The minimum atomic E-state index is -0.937. The Bertz CT molecular complexity index is 326. The third-order valence-electron chi connectivity index (χ3n) is 3.06. The SMILES string of the molecule is COC(OC)[SiH2]CCCC(CC(=O)O)C(=O)NC(C)(C)C. The fraction of sp³-hybridized carbons (Fsp3) is 0.857. The van der Waals surface area contributed by atoms with Gasteiger partial charge in [-0.1, -0.05) is 12.5 Å². The molecule has 7 heteroatoms. The van der Waals surface area contributed by atoms with E-state index in [9.17, 15) is 9.59 Å². The molecule has 1 amide bonds. The lowest BCUT2D eigenvalue weighted by Gasteiger charge is -2.24. The van der Waals surface area contributed by atoms with E-state index < -0.39 is 21.4 Å². The highest BCUT2D eigenvalue weighted by molar-refractivity contribution is 6.36. The fourth-order valence-electron chi connectivity index (χ4n) is 2.04. The van der Waals surface area contributed by atoms with Gasteiger partial charge < -0.3 is 19.9 Å². The summed E-state index contributed by atoms with van der Waals surface area (Å²) in [6, 6.07) is 0.964. The topological polar surface area (TPSA) is 84.9 Å². The Labute approximate surface area is 129 Å². The molecule has 0 spiro atoms. The number of methoxy groups -OCH3 is 2. The molecule has 0 aromatic heterocycles. The summed E-state index contributed by atoms with van der Waals surface area (Å²) in [4.78, 5) is 23.0. The fourth-order valence-corrected chi connectivity index (χ4v) is 3.42. The van der Waals surface area contributed by atoms with Crippen LogP contribution in [0.3, 0.4) is 0 Å². The summed E-state index contributed by atoms with van der Waals surface area (Å²) in [7, 11) is 2.71. The molecule has 0 saturated heterocycles. The summed E-state index contributed by atoms with van der Waals surface area (Å²) in [6.45, 7) is 5.66. The number of aliphatic carboxylic acids is 1. The van der Waals surface area contributed by atoms with Gasteiger partial charge >= 0.3 is 5.97 Å². The van der Waals surface area contributed by atoms with Gasteiger partial charge in [0.05, 0.1) is 15.9 Å². The van der Waals surface area contributed by atoms with E-state index in [0.29, 0.717) is 6.42 Å². The smallest absolute Gasteiger partial charge is 0.304 e. The van der Waals surface area contributed by atoms with E-state index in [1.54, 1.807) is 14.2 Å². The van der Waals surface area contributed by atoms with Gasteiger partial charge in [0, 0.05) is 25.7 Å². The first-order valence-corrected chi connectivity index (χ1v) is 9.10. The van der Waals surface area contributed by atoms with Crippen LogP contribution in [0.1, 0.15) is 40.0 Å². The van der Waals surface area contributed by atoms with Crippen molar-refractivity contribution in [3.05, 3.63) is 0 Å². The van der Waals surface area contributed by atoms with Gasteiger partial charge in [0.15, 0.2) is 0 Å². The van der Waals surface area contributed by atoms with Crippen molar-refractivity contribution in [2.45, 2.75) is 57.5 Å². The van der Waals surface area contributed by atoms with Crippen LogP contribution in [0.2, 0.25) is 6.04 Å². The molecule has 1 atom stereocenters. The van der Waals surface area contributed by atoms with E-state index in [-0.39, 0.29) is 23.8 Å². The van der Waals surface area contributed by atoms with Crippen molar-refractivity contribution in [2.24, 2.45) is 5.92 Å². The molecule has 0 bridgehead atoms. The quantitative estimate of drug-likeness (QED) is 0.355. The van der Waals surface area contributed by atoms with Crippen molar-refractivity contribution in [3.8, 4) is 0 Å².